The van der Waals surface area contributed by atoms with Crippen molar-refractivity contribution in [2.45, 2.75) is 32.4 Å². The van der Waals surface area contributed by atoms with Crippen LogP contribution in [0.1, 0.15) is 19.4 Å². The Morgan fingerprint density at radius 3 is 2.71 bits per heavy atom. The Labute approximate surface area is 107 Å². The van der Waals surface area contributed by atoms with Crippen LogP contribution in [0.4, 0.5) is 4.39 Å². The van der Waals surface area contributed by atoms with Gasteiger partial charge in [0.1, 0.15) is 5.82 Å². The number of halogens is 2. The summed E-state index contributed by atoms with van der Waals surface area (Å²) in [5, 5.41) is 3.67. The van der Waals surface area contributed by atoms with Gasteiger partial charge < -0.3 is 10.1 Å². The van der Waals surface area contributed by atoms with Crippen molar-refractivity contribution in [2.75, 3.05) is 13.7 Å². The van der Waals surface area contributed by atoms with Crippen molar-refractivity contribution >= 4 is 11.6 Å². The van der Waals surface area contributed by atoms with Crippen LogP contribution in [0.3, 0.4) is 0 Å². The lowest BCUT2D eigenvalue weighted by Gasteiger charge is -2.23. The van der Waals surface area contributed by atoms with Crippen molar-refractivity contribution in [1.29, 1.82) is 0 Å². The lowest BCUT2D eigenvalue weighted by atomic mass is 10.0. The zero-order chi connectivity index (χ0) is 12.8. The van der Waals surface area contributed by atoms with E-state index in [1.165, 1.54) is 12.1 Å². The molecule has 0 bridgehead atoms. The van der Waals surface area contributed by atoms with Gasteiger partial charge in [0, 0.05) is 17.7 Å². The van der Waals surface area contributed by atoms with Gasteiger partial charge in [-0.3, -0.25) is 0 Å². The minimum Gasteiger partial charge on any atom is -0.377 e. The molecule has 0 aliphatic heterocycles. The van der Waals surface area contributed by atoms with Gasteiger partial charge >= 0.3 is 0 Å². The molecule has 4 heteroatoms. The van der Waals surface area contributed by atoms with Gasteiger partial charge in [-0.25, -0.2) is 4.39 Å². The monoisotopic (exact) mass is 259 g/mol. The first-order valence-electron chi connectivity index (χ1n) is 5.81. The quantitative estimate of drug-likeness (QED) is 0.848. The highest BCUT2D eigenvalue weighted by molar-refractivity contribution is 6.31. The van der Waals surface area contributed by atoms with E-state index in [9.17, 15) is 4.39 Å². The second-order valence-corrected chi connectivity index (χ2v) is 4.40. The molecule has 1 aromatic rings. The second kappa shape index (κ2) is 6.94. The predicted octanol–water partition coefficient (Wildman–Crippen LogP) is 3.03. The molecule has 2 unspecified atom stereocenters. The molecule has 0 saturated carbocycles. The van der Waals surface area contributed by atoms with Crippen molar-refractivity contribution in [3.05, 3.63) is 34.6 Å². The zero-order valence-corrected chi connectivity index (χ0v) is 11.2. The third-order valence-electron chi connectivity index (χ3n) is 2.82. The van der Waals surface area contributed by atoms with E-state index in [-0.39, 0.29) is 18.0 Å². The molecule has 0 radical (unpaired) electrons. The molecule has 0 amide bonds. The summed E-state index contributed by atoms with van der Waals surface area (Å²) in [5.74, 6) is -0.308. The highest BCUT2D eigenvalue weighted by Gasteiger charge is 2.17. The standard InChI is InChI=1S/C13H19ClFNO/c1-4-17-9(2)13(16-3)7-10-5-6-11(15)8-12(10)14/h5-6,8-9,13,16H,4,7H2,1-3H3. The van der Waals surface area contributed by atoms with Crippen LogP contribution >= 0.6 is 11.6 Å². The number of rotatable bonds is 6. The number of benzene rings is 1. The van der Waals surface area contributed by atoms with Gasteiger partial charge in [-0.15, -0.1) is 0 Å². The molecule has 0 fully saturated rings. The summed E-state index contributed by atoms with van der Waals surface area (Å²) in [7, 11) is 1.89. The summed E-state index contributed by atoms with van der Waals surface area (Å²) < 4.78 is 18.5. The molecule has 0 saturated heterocycles. The molecular weight excluding hydrogens is 241 g/mol. The van der Waals surface area contributed by atoms with E-state index in [2.05, 4.69) is 5.32 Å². The first kappa shape index (κ1) is 14.4. The summed E-state index contributed by atoms with van der Waals surface area (Å²) in [6.45, 7) is 4.66. The summed E-state index contributed by atoms with van der Waals surface area (Å²) in [6.07, 6.45) is 0.808. The highest BCUT2D eigenvalue weighted by Crippen LogP contribution is 2.20. The van der Waals surface area contributed by atoms with Crippen molar-refractivity contribution in [2.24, 2.45) is 0 Å². The molecule has 0 aromatic heterocycles. The average molecular weight is 260 g/mol. The second-order valence-electron chi connectivity index (χ2n) is 4.00. The Morgan fingerprint density at radius 2 is 2.18 bits per heavy atom. The lowest BCUT2D eigenvalue weighted by molar-refractivity contribution is 0.0497. The molecule has 2 atom stereocenters. The van der Waals surface area contributed by atoms with Crippen LogP contribution in [-0.2, 0) is 11.2 Å². The number of hydrogen-bond donors (Lipinski definition) is 1. The van der Waals surface area contributed by atoms with Gasteiger partial charge in [0.25, 0.3) is 0 Å². The van der Waals surface area contributed by atoms with Gasteiger partial charge in [0.05, 0.1) is 6.10 Å². The fourth-order valence-electron chi connectivity index (χ4n) is 1.81. The Hall–Kier alpha value is -0.640. The SMILES string of the molecule is CCOC(C)C(Cc1ccc(F)cc1Cl)NC. The highest BCUT2D eigenvalue weighted by atomic mass is 35.5. The Kier molecular flexibility index (Phi) is 5.89. The lowest BCUT2D eigenvalue weighted by Crippen LogP contribution is -2.39. The normalized spacial score (nSPS) is 14.6. The molecular formula is C13H19ClFNO. The van der Waals surface area contributed by atoms with Crippen molar-refractivity contribution < 1.29 is 9.13 Å². The Balaban J connectivity index is 2.73. The van der Waals surface area contributed by atoms with Gasteiger partial charge in [-0.2, -0.15) is 0 Å². The van der Waals surface area contributed by atoms with E-state index in [1.54, 1.807) is 6.07 Å². The maximum Gasteiger partial charge on any atom is 0.124 e. The van der Waals surface area contributed by atoms with Crippen LogP contribution in [0.25, 0.3) is 0 Å². The first-order valence-corrected chi connectivity index (χ1v) is 6.19. The summed E-state index contributed by atoms with van der Waals surface area (Å²) in [5.41, 5.74) is 0.930. The van der Waals surface area contributed by atoms with Crippen molar-refractivity contribution in [1.82, 2.24) is 5.32 Å². The molecule has 0 aliphatic carbocycles. The minimum absolute atomic E-state index is 0.0890. The third kappa shape index (κ3) is 4.26. The van der Waals surface area contributed by atoms with E-state index in [0.717, 1.165) is 12.0 Å². The van der Waals surface area contributed by atoms with E-state index in [4.69, 9.17) is 16.3 Å². The summed E-state index contributed by atoms with van der Waals surface area (Å²) in [6, 6.07) is 4.66. The van der Waals surface area contributed by atoms with Crippen LogP contribution in [0, 0.1) is 5.82 Å². The van der Waals surface area contributed by atoms with E-state index in [1.807, 2.05) is 20.9 Å². The zero-order valence-electron chi connectivity index (χ0n) is 10.5. The first-order chi connectivity index (χ1) is 8.08. The predicted molar refractivity (Wildman–Crippen MR) is 69.0 cm³/mol. The smallest absolute Gasteiger partial charge is 0.124 e. The molecule has 1 rings (SSSR count). The van der Waals surface area contributed by atoms with E-state index >= 15 is 0 Å². The molecule has 1 aromatic carbocycles. The van der Waals surface area contributed by atoms with Crippen LogP contribution in [0.15, 0.2) is 18.2 Å². The maximum atomic E-state index is 12.9. The Bertz CT molecular complexity index is 359. The fraction of sp³-hybridized carbons (Fsp3) is 0.538. The molecule has 0 heterocycles. The molecule has 96 valence electrons. The summed E-state index contributed by atoms with van der Waals surface area (Å²) >= 11 is 6.00. The van der Waals surface area contributed by atoms with Crippen molar-refractivity contribution in [3.8, 4) is 0 Å². The minimum atomic E-state index is -0.308. The van der Waals surface area contributed by atoms with Crippen LogP contribution in [-0.4, -0.2) is 25.8 Å². The maximum absolute atomic E-state index is 12.9. The number of likely N-dealkylation sites (N-methyl/N-ethyl adjacent to an activating group) is 1. The van der Waals surface area contributed by atoms with Gasteiger partial charge in [-0.05, 0) is 45.0 Å². The summed E-state index contributed by atoms with van der Waals surface area (Å²) in [4.78, 5) is 0. The third-order valence-corrected chi connectivity index (χ3v) is 3.17. The van der Waals surface area contributed by atoms with E-state index < -0.39 is 0 Å². The van der Waals surface area contributed by atoms with Crippen LogP contribution < -0.4 is 5.32 Å². The molecule has 17 heavy (non-hydrogen) atoms. The average Bonchev–Trinajstić information content (AvgIpc) is 2.28. The number of ether oxygens (including phenoxy) is 1. The van der Waals surface area contributed by atoms with Crippen LogP contribution in [0.5, 0.6) is 0 Å². The molecule has 1 N–H and O–H groups in total. The molecule has 2 nitrogen and oxygen atoms in total. The molecule has 0 spiro atoms. The van der Waals surface area contributed by atoms with Gasteiger partial charge in [0.2, 0.25) is 0 Å². The molecule has 0 aliphatic rings. The van der Waals surface area contributed by atoms with Crippen LogP contribution in [0.2, 0.25) is 5.02 Å². The van der Waals surface area contributed by atoms with Crippen molar-refractivity contribution in [3.63, 3.8) is 0 Å². The van der Waals surface area contributed by atoms with Gasteiger partial charge in [0.15, 0.2) is 0 Å². The fourth-order valence-corrected chi connectivity index (χ4v) is 2.05. The topological polar surface area (TPSA) is 21.3 Å². The number of hydrogen-bond acceptors (Lipinski definition) is 2. The number of nitrogens with one attached hydrogen (secondary N) is 1. The Morgan fingerprint density at radius 1 is 1.47 bits per heavy atom. The largest absolute Gasteiger partial charge is 0.377 e. The van der Waals surface area contributed by atoms with E-state index in [0.29, 0.717) is 11.6 Å². The van der Waals surface area contributed by atoms with Gasteiger partial charge in [-0.1, -0.05) is 17.7 Å².